The van der Waals surface area contributed by atoms with Crippen molar-refractivity contribution in [2.45, 2.75) is 45.1 Å². The van der Waals surface area contributed by atoms with E-state index in [0.29, 0.717) is 6.54 Å². The maximum absolute atomic E-state index is 10.6. The van der Waals surface area contributed by atoms with Crippen molar-refractivity contribution < 1.29 is 5.11 Å². The summed E-state index contributed by atoms with van der Waals surface area (Å²) in [6.07, 6.45) is 5.62. The van der Waals surface area contributed by atoms with Crippen molar-refractivity contribution >= 4 is 17.3 Å². The van der Waals surface area contributed by atoms with Crippen molar-refractivity contribution in [2.24, 2.45) is 22.7 Å². The maximum Gasteiger partial charge on any atom is 0.191 e. The molecule has 1 aromatic heterocycles. The fraction of sp³-hybridized carbons (Fsp3) is 0.722. The Bertz CT molecular complexity index is 506. The van der Waals surface area contributed by atoms with Gasteiger partial charge in [0, 0.05) is 13.1 Å². The third-order valence-electron chi connectivity index (χ3n) is 4.99. The highest BCUT2D eigenvalue weighted by atomic mass is 32.1. The van der Waals surface area contributed by atoms with Gasteiger partial charge in [-0.1, -0.05) is 0 Å². The second-order valence-electron chi connectivity index (χ2n) is 7.20. The predicted octanol–water partition coefficient (Wildman–Crippen LogP) is 2.95. The number of thiophene rings is 1. The molecule has 1 heterocycles. The molecule has 3 N–H and O–H groups in total. The Hall–Kier alpha value is -1.07. The number of nitrogens with one attached hydrogen (secondary N) is 2. The molecule has 23 heavy (non-hydrogen) atoms. The van der Waals surface area contributed by atoms with Crippen molar-refractivity contribution in [3.05, 3.63) is 22.4 Å². The van der Waals surface area contributed by atoms with Crippen LogP contribution in [0, 0.1) is 17.8 Å². The Kier molecular flexibility index (Phi) is 5.27. The van der Waals surface area contributed by atoms with Gasteiger partial charge < -0.3 is 15.7 Å². The third kappa shape index (κ3) is 4.70. The largest absolute Gasteiger partial charge is 0.383 e. The van der Waals surface area contributed by atoms with Gasteiger partial charge in [0.1, 0.15) is 5.60 Å². The van der Waals surface area contributed by atoms with Crippen LogP contribution in [0.1, 0.15) is 45.1 Å². The number of hydrogen-bond acceptors (Lipinski definition) is 3. The molecule has 128 valence electrons. The van der Waals surface area contributed by atoms with Gasteiger partial charge in [-0.2, -0.15) is 11.3 Å². The van der Waals surface area contributed by atoms with E-state index in [1.54, 1.807) is 11.3 Å². The predicted molar refractivity (Wildman–Crippen MR) is 96.8 cm³/mol. The minimum absolute atomic E-state index is 0.372. The Morgan fingerprint density at radius 3 is 2.57 bits per heavy atom. The molecule has 5 heteroatoms. The SMILES string of the molecule is CCNC(=NCC(C)(O)c1ccsc1)NCC(C1CC1)C1CC1. The minimum Gasteiger partial charge on any atom is -0.383 e. The molecule has 1 atom stereocenters. The van der Waals surface area contributed by atoms with Crippen LogP contribution < -0.4 is 10.6 Å². The molecule has 2 saturated carbocycles. The first kappa shape index (κ1) is 16.8. The van der Waals surface area contributed by atoms with E-state index < -0.39 is 5.60 Å². The molecule has 0 saturated heterocycles. The summed E-state index contributed by atoms with van der Waals surface area (Å²) in [6.45, 7) is 6.13. The standard InChI is InChI=1S/C18H29N3OS/c1-3-19-17(20-10-16(13-4-5-13)14-6-7-14)21-12-18(2,22)15-8-9-23-11-15/h8-9,11,13-14,16,22H,3-7,10,12H2,1-2H3,(H2,19,20,21). The fourth-order valence-corrected chi connectivity index (χ4v) is 4.00. The molecule has 1 aromatic rings. The van der Waals surface area contributed by atoms with Gasteiger partial charge in [-0.25, -0.2) is 4.99 Å². The van der Waals surface area contributed by atoms with Crippen LogP contribution in [0.5, 0.6) is 0 Å². The van der Waals surface area contributed by atoms with Crippen LogP contribution >= 0.6 is 11.3 Å². The van der Waals surface area contributed by atoms with Gasteiger partial charge in [0.25, 0.3) is 0 Å². The van der Waals surface area contributed by atoms with E-state index in [4.69, 9.17) is 0 Å². The Morgan fingerprint density at radius 2 is 2.04 bits per heavy atom. The summed E-state index contributed by atoms with van der Waals surface area (Å²) < 4.78 is 0. The third-order valence-corrected chi connectivity index (χ3v) is 5.68. The number of aliphatic imine (C=N–C) groups is 1. The molecule has 0 amide bonds. The van der Waals surface area contributed by atoms with Crippen molar-refractivity contribution in [3.8, 4) is 0 Å². The van der Waals surface area contributed by atoms with Gasteiger partial charge in [0.2, 0.25) is 0 Å². The van der Waals surface area contributed by atoms with Gasteiger partial charge in [-0.3, -0.25) is 0 Å². The number of guanidine groups is 1. The van der Waals surface area contributed by atoms with Crippen molar-refractivity contribution in [2.75, 3.05) is 19.6 Å². The van der Waals surface area contributed by atoms with Crippen molar-refractivity contribution in [1.82, 2.24) is 10.6 Å². The van der Waals surface area contributed by atoms with E-state index in [-0.39, 0.29) is 0 Å². The van der Waals surface area contributed by atoms with Gasteiger partial charge in [-0.05, 0) is 79.7 Å². The van der Waals surface area contributed by atoms with Crippen LogP contribution in [0.25, 0.3) is 0 Å². The lowest BCUT2D eigenvalue weighted by Gasteiger charge is -2.22. The molecule has 0 aromatic carbocycles. The van der Waals surface area contributed by atoms with Crippen molar-refractivity contribution in [1.29, 1.82) is 0 Å². The second kappa shape index (κ2) is 7.22. The summed E-state index contributed by atoms with van der Waals surface area (Å²) in [6, 6.07) is 1.97. The number of aliphatic hydroxyl groups is 1. The average Bonchev–Trinajstić information content (AvgIpc) is 3.46. The zero-order chi connectivity index (χ0) is 16.3. The monoisotopic (exact) mass is 335 g/mol. The lowest BCUT2D eigenvalue weighted by molar-refractivity contribution is 0.0677. The van der Waals surface area contributed by atoms with E-state index in [1.165, 1.54) is 25.7 Å². The van der Waals surface area contributed by atoms with E-state index in [9.17, 15) is 5.11 Å². The molecule has 0 radical (unpaired) electrons. The first-order valence-electron chi connectivity index (χ1n) is 8.87. The van der Waals surface area contributed by atoms with Gasteiger partial charge >= 0.3 is 0 Å². The van der Waals surface area contributed by atoms with E-state index in [2.05, 4.69) is 22.5 Å². The molecule has 0 aliphatic heterocycles. The quantitative estimate of drug-likeness (QED) is 0.506. The van der Waals surface area contributed by atoms with Crippen LogP contribution in [0.4, 0.5) is 0 Å². The first-order chi connectivity index (χ1) is 11.1. The highest BCUT2D eigenvalue weighted by Gasteiger charge is 2.41. The number of nitrogens with zero attached hydrogens (tertiary/aromatic N) is 1. The molecule has 0 spiro atoms. The Labute approximate surface area is 143 Å². The average molecular weight is 336 g/mol. The van der Waals surface area contributed by atoms with Crippen LogP contribution in [0.2, 0.25) is 0 Å². The summed E-state index contributed by atoms with van der Waals surface area (Å²) in [7, 11) is 0. The molecule has 3 rings (SSSR count). The minimum atomic E-state index is -0.908. The van der Waals surface area contributed by atoms with Crippen LogP contribution in [-0.2, 0) is 5.60 Å². The number of rotatable bonds is 8. The topological polar surface area (TPSA) is 56.7 Å². The fourth-order valence-electron chi connectivity index (χ4n) is 3.22. The lowest BCUT2D eigenvalue weighted by atomic mass is 9.98. The second-order valence-corrected chi connectivity index (χ2v) is 7.98. The molecule has 4 nitrogen and oxygen atoms in total. The summed E-state index contributed by atoms with van der Waals surface area (Å²) in [5.41, 5.74) is 0.0327. The zero-order valence-electron chi connectivity index (χ0n) is 14.2. The van der Waals surface area contributed by atoms with Crippen molar-refractivity contribution in [3.63, 3.8) is 0 Å². The Balaban J connectivity index is 1.56. The molecule has 2 fully saturated rings. The molecule has 0 bridgehead atoms. The molecule has 2 aliphatic rings. The lowest BCUT2D eigenvalue weighted by Crippen LogP contribution is -2.41. The molecular formula is C18H29N3OS. The smallest absolute Gasteiger partial charge is 0.191 e. The summed E-state index contributed by atoms with van der Waals surface area (Å²) in [4.78, 5) is 4.62. The highest BCUT2D eigenvalue weighted by molar-refractivity contribution is 7.08. The maximum atomic E-state index is 10.6. The van der Waals surface area contributed by atoms with E-state index in [1.807, 2.05) is 23.8 Å². The summed E-state index contributed by atoms with van der Waals surface area (Å²) in [5, 5.41) is 21.4. The van der Waals surface area contributed by atoms with Gasteiger partial charge in [0.05, 0.1) is 6.54 Å². The van der Waals surface area contributed by atoms with Crippen LogP contribution in [-0.4, -0.2) is 30.7 Å². The summed E-state index contributed by atoms with van der Waals surface area (Å²) in [5.74, 6) is 3.52. The first-order valence-corrected chi connectivity index (χ1v) is 9.81. The Morgan fingerprint density at radius 1 is 1.35 bits per heavy atom. The highest BCUT2D eigenvalue weighted by Crippen LogP contribution is 2.48. The zero-order valence-corrected chi connectivity index (χ0v) is 15.0. The molecular weight excluding hydrogens is 306 g/mol. The summed E-state index contributed by atoms with van der Waals surface area (Å²) >= 11 is 1.61. The normalized spacial score (nSPS) is 21.3. The van der Waals surface area contributed by atoms with Crippen LogP contribution in [0.15, 0.2) is 21.8 Å². The van der Waals surface area contributed by atoms with Gasteiger partial charge in [-0.15, -0.1) is 0 Å². The van der Waals surface area contributed by atoms with E-state index in [0.717, 1.165) is 42.4 Å². The van der Waals surface area contributed by atoms with Gasteiger partial charge in [0.15, 0.2) is 5.96 Å². The molecule has 1 unspecified atom stereocenters. The van der Waals surface area contributed by atoms with E-state index >= 15 is 0 Å². The number of hydrogen-bond donors (Lipinski definition) is 3. The van der Waals surface area contributed by atoms with Crippen LogP contribution in [0.3, 0.4) is 0 Å². The molecule has 2 aliphatic carbocycles.